The molecular formula is C38H32N4O8S2. The summed E-state index contributed by atoms with van der Waals surface area (Å²) in [6.07, 6.45) is 1.43. The molecule has 0 amide bonds. The molecule has 0 atom stereocenters. The Balaban J connectivity index is 0.000000142. The molecule has 2 aliphatic carbocycles. The summed E-state index contributed by atoms with van der Waals surface area (Å²) in [6.45, 7) is 0. The lowest BCUT2D eigenvalue weighted by atomic mass is 10.0. The van der Waals surface area contributed by atoms with E-state index in [1.54, 1.807) is 36.4 Å². The van der Waals surface area contributed by atoms with Crippen LogP contribution in [0.1, 0.15) is 20.7 Å². The molecule has 7 aromatic rings. The van der Waals surface area contributed by atoms with Gasteiger partial charge in [-0.1, -0.05) is 97.1 Å². The van der Waals surface area contributed by atoms with Crippen LogP contribution in [0.25, 0.3) is 55.1 Å². The number of fused-ring (bicyclic) bond motifs is 4. The van der Waals surface area contributed by atoms with Gasteiger partial charge in [0, 0.05) is 33.0 Å². The van der Waals surface area contributed by atoms with Gasteiger partial charge in [-0.2, -0.15) is 16.8 Å². The highest BCUT2D eigenvalue weighted by atomic mass is 32.2. The van der Waals surface area contributed by atoms with Crippen molar-refractivity contribution in [3.05, 3.63) is 132 Å². The number of rotatable bonds is 0. The molecule has 0 saturated carbocycles. The van der Waals surface area contributed by atoms with E-state index in [1.807, 2.05) is 48.5 Å². The topological polar surface area (TPSA) is 221 Å². The number of ketones is 2. The molecule has 0 fully saturated rings. The second-order valence-corrected chi connectivity index (χ2v) is 14.5. The van der Waals surface area contributed by atoms with Crippen LogP contribution in [-0.2, 0) is 20.2 Å². The van der Waals surface area contributed by atoms with Crippen molar-refractivity contribution in [1.29, 1.82) is 0 Å². The molecule has 0 spiro atoms. The minimum absolute atomic E-state index is 0.378. The molecule has 6 aromatic carbocycles. The van der Waals surface area contributed by atoms with Crippen LogP contribution in [0.2, 0.25) is 0 Å². The van der Waals surface area contributed by atoms with Crippen LogP contribution < -0.4 is 11.5 Å². The van der Waals surface area contributed by atoms with E-state index in [2.05, 4.69) is 36.4 Å². The molecule has 14 heteroatoms. The van der Waals surface area contributed by atoms with Crippen molar-refractivity contribution >= 4 is 75.8 Å². The molecule has 0 unspecified atom stereocenters. The third-order valence-corrected chi connectivity index (χ3v) is 7.58. The van der Waals surface area contributed by atoms with Crippen LogP contribution in [0.4, 0.5) is 11.4 Å². The summed E-state index contributed by atoms with van der Waals surface area (Å²) in [7, 11) is -7.33. The molecule has 52 heavy (non-hydrogen) atoms. The molecule has 0 aliphatic heterocycles. The van der Waals surface area contributed by atoms with Gasteiger partial charge in [0.25, 0.3) is 20.2 Å². The number of carbonyl (C=O) groups is 2. The van der Waals surface area contributed by atoms with E-state index in [0.717, 1.165) is 33.2 Å². The summed E-state index contributed by atoms with van der Waals surface area (Å²) in [5, 5.41) is 4.30. The van der Waals surface area contributed by atoms with Crippen molar-refractivity contribution in [2.75, 3.05) is 24.0 Å². The maximum atomic E-state index is 11.5. The standard InChI is InChI=1S/C18H10N2.C12H6O2.C6H8N2.2CH4O3S/c1-2-10-15-14(9-1)19-17-12-7-3-5-11-6-4-8-13(16(11)12)18(17)20-15;13-11-8-5-1-3-7-4-2-6-9(10(7)8)12(11)14;7-5-3-1-2-4-6(5)8;2*1-5(2,3)4/h1-10H;1-6H;1-4H,7-8H2;2*1H3,(H,2,3,4). The van der Waals surface area contributed by atoms with E-state index in [4.69, 9.17) is 30.5 Å². The Labute approximate surface area is 299 Å². The Morgan fingerprint density at radius 3 is 1.08 bits per heavy atom. The number of nitrogens with two attached hydrogens (primary N) is 2. The molecule has 0 bridgehead atoms. The van der Waals surface area contributed by atoms with Gasteiger partial charge >= 0.3 is 0 Å². The monoisotopic (exact) mass is 736 g/mol. The number of hydrogen-bond acceptors (Lipinski definition) is 10. The van der Waals surface area contributed by atoms with Gasteiger partial charge in [0.2, 0.25) is 11.6 Å². The number of aromatic nitrogens is 2. The summed E-state index contributed by atoms with van der Waals surface area (Å²) in [4.78, 5) is 32.7. The second-order valence-electron chi connectivity index (χ2n) is 11.6. The fourth-order valence-corrected chi connectivity index (χ4v) is 5.59. The maximum absolute atomic E-state index is 11.5. The molecule has 1 aromatic heterocycles. The number of nitrogen functional groups attached to an aromatic ring is 2. The molecule has 9 rings (SSSR count). The zero-order chi connectivity index (χ0) is 37.8. The van der Waals surface area contributed by atoms with E-state index in [-0.39, 0.29) is 11.6 Å². The molecule has 2 aliphatic rings. The van der Waals surface area contributed by atoms with Crippen LogP contribution in [0.3, 0.4) is 0 Å². The summed E-state index contributed by atoms with van der Waals surface area (Å²) in [5.41, 5.74) is 19.5. The Morgan fingerprint density at radius 1 is 0.462 bits per heavy atom. The van der Waals surface area contributed by atoms with Crippen LogP contribution >= 0.6 is 0 Å². The normalized spacial score (nSPS) is 12.0. The predicted molar refractivity (Wildman–Crippen MR) is 204 cm³/mol. The van der Waals surface area contributed by atoms with Gasteiger partial charge in [-0.05, 0) is 35.0 Å². The zero-order valence-corrected chi connectivity index (χ0v) is 29.4. The van der Waals surface area contributed by atoms with Crippen LogP contribution in [0.5, 0.6) is 0 Å². The Morgan fingerprint density at radius 2 is 0.750 bits per heavy atom. The van der Waals surface area contributed by atoms with Crippen LogP contribution in [0, 0.1) is 0 Å². The average molecular weight is 737 g/mol. The number of benzene rings is 6. The average Bonchev–Trinajstić information content (AvgIpc) is 3.53. The lowest BCUT2D eigenvalue weighted by molar-refractivity contribution is 0.0825. The van der Waals surface area contributed by atoms with Crippen molar-refractivity contribution in [3.8, 4) is 22.5 Å². The summed E-state index contributed by atoms with van der Waals surface area (Å²) in [5.74, 6) is -0.756. The van der Waals surface area contributed by atoms with E-state index >= 15 is 0 Å². The first-order valence-electron chi connectivity index (χ1n) is 15.4. The van der Waals surface area contributed by atoms with E-state index in [0.29, 0.717) is 35.0 Å². The largest absolute Gasteiger partial charge is 0.397 e. The fraction of sp³-hybridized carbons (Fsp3) is 0.0526. The highest BCUT2D eigenvalue weighted by Crippen LogP contribution is 2.45. The van der Waals surface area contributed by atoms with Gasteiger partial charge in [-0.25, -0.2) is 9.97 Å². The Bertz CT molecular complexity index is 2540. The summed E-state index contributed by atoms with van der Waals surface area (Å²) < 4.78 is 51.7. The molecule has 6 N–H and O–H groups in total. The van der Waals surface area contributed by atoms with Crippen molar-refractivity contribution in [2.45, 2.75) is 0 Å². The zero-order valence-electron chi connectivity index (χ0n) is 27.8. The van der Waals surface area contributed by atoms with E-state index < -0.39 is 20.2 Å². The van der Waals surface area contributed by atoms with Crippen molar-refractivity contribution in [3.63, 3.8) is 0 Å². The number of nitrogens with zero attached hydrogens (tertiary/aromatic N) is 2. The second kappa shape index (κ2) is 15.0. The predicted octanol–water partition coefficient (Wildman–Crippen LogP) is 6.51. The van der Waals surface area contributed by atoms with Crippen molar-refractivity contribution in [2.24, 2.45) is 0 Å². The lowest BCUT2D eigenvalue weighted by Crippen LogP contribution is -2.05. The van der Waals surface area contributed by atoms with Crippen LogP contribution in [-0.4, -0.2) is 60.0 Å². The summed E-state index contributed by atoms with van der Waals surface area (Å²) in [6, 6.07) is 38.9. The van der Waals surface area contributed by atoms with Gasteiger partial charge in [-0.15, -0.1) is 0 Å². The Kier molecular flexibility index (Phi) is 10.8. The third-order valence-electron chi connectivity index (χ3n) is 7.58. The number of para-hydroxylation sites is 4. The van der Waals surface area contributed by atoms with Gasteiger partial charge in [0.1, 0.15) is 0 Å². The van der Waals surface area contributed by atoms with Gasteiger partial charge in [0.15, 0.2) is 0 Å². The molecule has 12 nitrogen and oxygen atoms in total. The number of Topliss-reactive ketones (excluding diaryl/α,β-unsaturated/α-hetero) is 2. The van der Waals surface area contributed by atoms with Crippen molar-refractivity contribution < 1.29 is 35.5 Å². The molecule has 264 valence electrons. The minimum Gasteiger partial charge on any atom is -0.397 e. The summed E-state index contributed by atoms with van der Waals surface area (Å²) >= 11 is 0. The van der Waals surface area contributed by atoms with Crippen LogP contribution in [0.15, 0.2) is 121 Å². The SMILES string of the molecule is CS(=O)(=O)O.CS(=O)(=O)O.Nc1ccccc1N.O=C1C(=O)c2cccc3cccc1c23.c1cc2c3c(cccc3c1)-c1nc3ccccc3nc1-2. The van der Waals surface area contributed by atoms with Crippen molar-refractivity contribution in [1.82, 2.24) is 9.97 Å². The van der Waals surface area contributed by atoms with E-state index in [1.165, 1.54) is 21.9 Å². The van der Waals surface area contributed by atoms with Gasteiger partial charge in [-0.3, -0.25) is 18.7 Å². The highest BCUT2D eigenvalue weighted by molar-refractivity contribution is 7.85. The molecular weight excluding hydrogens is 705 g/mol. The van der Waals surface area contributed by atoms with Gasteiger partial charge in [0.05, 0.1) is 46.3 Å². The Hall–Kier alpha value is -6.06. The first-order chi connectivity index (χ1) is 24.5. The number of anilines is 2. The third kappa shape index (κ3) is 8.80. The lowest BCUT2D eigenvalue weighted by Gasteiger charge is -2.02. The first-order valence-corrected chi connectivity index (χ1v) is 19.1. The number of hydrogen-bond donors (Lipinski definition) is 4. The minimum atomic E-state index is -3.67. The molecule has 0 radical (unpaired) electrons. The maximum Gasteiger partial charge on any atom is 0.261 e. The highest BCUT2D eigenvalue weighted by Gasteiger charge is 2.30. The molecule has 1 heterocycles. The first kappa shape index (κ1) is 37.2. The smallest absolute Gasteiger partial charge is 0.261 e. The van der Waals surface area contributed by atoms with E-state index in [9.17, 15) is 26.4 Å². The van der Waals surface area contributed by atoms with Gasteiger partial charge < -0.3 is 11.5 Å². The quantitative estimate of drug-likeness (QED) is 0.0744. The fourth-order valence-electron chi connectivity index (χ4n) is 5.59. The number of carbonyl (C=O) groups excluding carboxylic acids is 2. The molecule has 0 saturated heterocycles.